The van der Waals surface area contributed by atoms with E-state index in [4.69, 9.17) is 9.47 Å². The smallest absolute Gasteiger partial charge is 0.409 e. The molecule has 2 N–H and O–H groups in total. The van der Waals surface area contributed by atoms with E-state index in [0.717, 1.165) is 27.8 Å². The van der Waals surface area contributed by atoms with Crippen LogP contribution >= 0.6 is 0 Å². The van der Waals surface area contributed by atoms with E-state index in [1.165, 1.54) is 0 Å². The number of likely N-dealkylation sites (tertiary alicyclic amines) is 1. The minimum atomic E-state index is -1.14. The number of carbonyl (C=O) groups excluding carboxylic acids is 2. The average molecular weight is 557 g/mol. The molecule has 0 spiro atoms. The van der Waals surface area contributed by atoms with Crippen LogP contribution in [0.3, 0.4) is 0 Å². The number of fused-ring (bicyclic) bond motifs is 3. The number of nitrogens with zero attached hydrogens (tertiary/aromatic N) is 1. The molecule has 1 saturated heterocycles. The van der Waals surface area contributed by atoms with E-state index < -0.39 is 29.2 Å². The molecule has 0 bridgehead atoms. The van der Waals surface area contributed by atoms with Gasteiger partial charge in [0, 0.05) is 25.6 Å². The van der Waals surface area contributed by atoms with E-state index in [0.29, 0.717) is 5.56 Å². The van der Waals surface area contributed by atoms with Crippen LogP contribution in [0.4, 0.5) is 9.59 Å². The zero-order chi connectivity index (χ0) is 29.2. The molecule has 214 valence electrons. The lowest BCUT2D eigenvalue weighted by atomic mass is 9.72. The Hall–Kier alpha value is -4.33. The number of aliphatic carboxylic acids is 1. The fourth-order valence-corrected chi connectivity index (χ4v) is 5.85. The van der Waals surface area contributed by atoms with Gasteiger partial charge in [0.25, 0.3) is 0 Å². The van der Waals surface area contributed by atoms with E-state index >= 15 is 0 Å². The normalized spacial score (nSPS) is 15.9. The molecule has 0 saturated carbocycles. The molecule has 5 rings (SSSR count). The third-order valence-corrected chi connectivity index (χ3v) is 7.94. The van der Waals surface area contributed by atoms with Crippen LogP contribution in [0.2, 0.25) is 0 Å². The molecule has 8 nitrogen and oxygen atoms in total. The number of nitrogens with one attached hydrogen (secondary N) is 1. The predicted octanol–water partition coefficient (Wildman–Crippen LogP) is 6.08. The van der Waals surface area contributed by atoms with Crippen molar-refractivity contribution in [1.29, 1.82) is 0 Å². The number of carboxylic acids is 1. The summed E-state index contributed by atoms with van der Waals surface area (Å²) in [5, 5.41) is 13.0. The number of rotatable bonds is 6. The van der Waals surface area contributed by atoms with Gasteiger partial charge in [0.05, 0.1) is 5.41 Å². The number of carbonyl (C=O) groups is 3. The van der Waals surface area contributed by atoms with Crippen molar-refractivity contribution >= 4 is 18.2 Å². The highest BCUT2D eigenvalue weighted by molar-refractivity contribution is 5.82. The summed E-state index contributed by atoms with van der Waals surface area (Å²) in [4.78, 5) is 39.4. The first kappa shape index (κ1) is 28.2. The molecule has 0 radical (unpaired) electrons. The van der Waals surface area contributed by atoms with Crippen LogP contribution < -0.4 is 5.32 Å². The van der Waals surface area contributed by atoms with Crippen molar-refractivity contribution in [2.24, 2.45) is 0 Å². The van der Waals surface area contributed by atoms with Gasteiger partial charge in [-0.2, -0.15) is 0 Å². The third-order valence-electron chi connectivity index (χ3n) is 7.94. The maximum Gasteiger partial charge on any atom is 0.409 e. The fourth-order valence-electron chi connectivity index (χ4n) is 5.85. The third kappa shape index (κ3) is 5.92. The minimum Gasteiger partial charge on any atom is -0.481 e. The molecular formula is C33H36N2O6. The molecule has 1 fully saturated rings. The van der Waals surface area contributed by atoms with Gasteiger partial charge in [0.1, 0.15) is 12.2 Å². The van der Waals surface area contributed by atoms with E-state index in [9.17, 15) is 19.5 Å². The minimum absolute atomic E-state index is 0.0359. The number of ether oxygens (including phenoxy) is 2. The number of amides is 2. The quantitative estimate of drug-likeness (QED) is 0.381. The van der Waals surface area contributed by atoms with Crippen LogP contribution in [0.1, 0.15) is 61.8 Å². The zero-order valence-electron chi connectivity index (χ0n) is 23.7. The molecule has 2 aliphatic rings. The Morgan fingerprint density at radius 3 is 2.12 bits per heavy atom. The van der Waals surface area contributed by atoms with Crippen LogP contribution in [0.15, 0.2) is 72.8 Å². The van der Waals surface area contributed by atoms with Gasteiger partial charge in [-0.25, -0.2) is 9.59 Å². The first-order chi connectivity index (χ1) is 19.6. The van der Waals surface area contributed by atoms with Crippen LogP contribution in [0.25, 0.3) is 11.1 Å². The van der Waals surface area contributed by atoms with E-state index in [1.54, 1.807) is 37.8 Å². The Bertz CT molecular complexity index is 1410. The lowest BCUT2D eigenvalue weighted by Gasteiger charge is -2.39. The molecule has 2 amide bonds. The SMILES string of the molecule is CC(C)(C)OC(=O)NCc1cccc(C2(C(=O)O)CCN(C(=O)OCC3c4ccccc4-c4ccccc43)CC2)c1. The fraction of sp³-hybridized carbons (Fsp3) is 0.364. The number of alkyl carbamates (subject to hydrolysis) is 1. The Morgan fingerprint density at radius 1 is 0.927 bits per heavy atom. The van der Waals surface area contributed by atoms with Crippen molar-refractivity contribution in [2.45, 2.75) is 57.1 Å². The molecule has 3 aromatic carbocycles. The lowest BCUT2D eigenvalue weighted by molar-refractivity contribution is -0.145. The summed E-state index contributed by atoms with van der Waals surface area (Å²) in [6, 6.07) is 23.6. The van der Waals surface area contributed by atoms with Gasteiger partial charge in [-0.3, -0.25) is 4.79 Å². The number of hydrogen-bond donors (Lipinski definition) is 2. The van der Waals surface area contributed by atoms with Crippen LogP contribution in [0, 0.1) is 0 Å². The second kappa shape index (κ2) is 11.3. The second-order valence-corrected chi connectivity index (χ2v) is 11.7. The van der Waals surface area contributed by atoms with E-state index in [-0.39, 0.29) is 45.0 Å². The standard InChI is InChI=1S/C33H36N2O6/c1-32(2,3)41-30(38)34-20-22-9-8-10-23(19-22)33(29(36)37)15-17-35(18-16-33)31(39)40-21-28-26-13-6-4-11-24(26)25-12-5-7-14-27(25)28/h4-14,19,28H,15-18,20-21H2,1-3H3,(H,34,38)(H,36,37). The Labute approximate surface area is 240 Å². The number of benzene rings is 3. The molecule has 8 heteroatoms. The zero-order valence-corrected chi connectivity index (χ0v) is 23.7. The highest BCUT2D eigenvalue weighted by atomic mass is 16.6. The summed E-state index contributed by atoms with van der Waals surface area (Å²) in [5.74, 6) is -0.965. The molecule has 0 atom stereocenters. The van der Waals surface area contributed by atoms with Gasteiger partial charge in [0.2, 0.25) is 0 Å². The monoisotopic (exact) mass is 556 g/mol. The summed E-state index contributed by atoms with van der Waals surface area (Å²) in [7, 11) is 0. The van der Waals surface area contributed by atoms with Gasteiger partial charge < -0.3 is 24.8 Å². The largest absolute Gasteiger partial charge is 0.481 e. The first-order valence-corrected chi connectivity index (χ1v) is 14.0. The van der Waals surface area contributed by atoms with Crippen LogP contribution in [0.5, 0.6) is 0 Å². The molecular weight excluding hydrogens is 520 g/mol. The summed E-state index contributed by atoms with van der Waals surface area (Å²) >= 11 is 0. The average Bonchev–Trinajstić information content (AvgIpc) is 3.27. The van der Waals surface area contributed by atoms with Gasteiger partial charge in [0.15, 0.2) is 0 Å². The maximum atomic E-state index is 13.1. The first-order valence-electron chi connectivity index (χ1n) is 14.0. The van der Waals surface area contributed by atoms with Gasteiger partial charge in [-0.05, 0) is 67.0 Å². The summed E-state index contributed by atoms with van der Waals surface area (Å²) in [5.41, 5.74) is 4.29. The highest BCUT2D eigenvalue weighted by Gasteiger charge is 2.44. The molecule has 1 heterocycles. The van der Waals surface area contributed by atoms with Gasteiger partial charge >= 0.3 is 18.2 Å². The summed E-state index contributed by atoms with van der Waals surface area (Å²) < 4.78 is 11.1. The van der Waals surface area contributed by atoms with Crippen LogP contribution in [-0.4, -0.2) is 53.5 Å². The second-order valence-electron chi connectivity index (χ2n) is 11.7. The Morgan fingerprint density at radius 2 is 1.54 bits per heavy atom. The predicted molar refractivity (Wildman–Crippen MR) is 155 cm³/mol. The molecule has 1 aliphatic carbocycles. The van der Waals surface area contributed by atoms with E-state index in [1.807, 2.05) is 36.4 Å². The van der Waals surface area contributed by atoms with Gasteiger partial charge in [-0.1, -0.05) is 72.8 Å². The van der Waals surface area contributed by atoms with Crippen molar-refractivity contribution in [3.63, 3.8) is 0 Å². The molecule has 0 aromatic heterocycles. The van der Waals surface area contributed by atoms with E-state index in [2.05, 4.69) is 29.6 Å². The van der Waals surface area contributed by atoms with Gasteiger partial charge in [-0.15, -0.1) is 0 Å². The number of carboxylic acid groups (broad SMARTS) is 1. The molecule has 1 aliphatic heterocycles. The highest BCUT2D eigenvalue weighted by Crippen LogP contribution is 2.44. The topological polar surface area (TPSA) is 105 Å². The van der Waals surface area contributed by atoms with Crippen molar-refractivity contribution < 1.29 is 29.0 Å². The number of hydrogen-bond acceptors (Lipinski definition) is 5. The molecule has 0 unspecified atom stereocenters. The summed E-state index contributed by atoms with van der Waals surface area (Å²) in [6.07, 6.45) is -0.446. The lowest BCUT2D eigenvalue weighted by Crippen LogP contribution is -2.49. The summed E-state index contributed by atoms with van der Waals surface area (Å²) in [6.45, 7) is 6.34. The Kier molecular flexibility index (Phi) is 7.76. The number of piperidine rings is 1. The molecule has 3 aromatic rings. The van der Waals surface area contributed by atoms with Crippen molar-refractivity contribution in [1.82, 2.24) is 10.2 Å². The van der Waals surface area contributed by atoms with Crippen molar-refractivity contribution in [3.8, 4) is 11.1 Å². The molecule has 41 heavy (non-hydrogen) atoms. The maximum absolute atomic E-state index is 13.1. The van der Waals surface area contributed by atoms with Crippen molar-refractivity contribution in [3.05, 3.63) is 95.1 Å². The van der Waals surface area contributed by atoms with Crippen LogP contribution in [-0.2, 0) is 26.2 Å². The Balaban J connectivity index is 1.22. The van der Waals surface area contributed by atoms with Crippen molar-refractivity contribution in [2.75, 3.05) is 19.7 Å².